The first-order chi connectivity index (χ1) is 8.42. The van der Waals surface area contributed by atoms with Crippen LogP contribution in [-0.2, 0) is 10.9 Å². The highest BCUT2D eigenvalue weighted by Crippen LogP contribution is 2.38. The molecule has 19 heavy (non-hydrogen) atoms. The van der Waals surface area contributed by atoms with Gasteiger partial charge in [-0.1, -0.05) is 27.5 Å². The molecule has 0 amide bonds. The van der Waals surface area contributed by atoms with Crippen LogP contribution in [0, 0.1) is 0 Å². The Bertz CT molecular complexity index is 507. The number of halogens is 5. The number of carbonyl (C=O) groups excluding carboxylic acids is 1. The summed E-state index contributed by atoms with van der Waals surface area (Å²) in [4.78, 5) is 11.8. The van der Waals surface area contributed by atoms with Gasteiger partial charge >= 0.3 is 12.1 Å². The van der Waals surface area contributed by atoms with E-state index in [4.69, 9.17) is 16.3 Å². The smallest absolute Gasteiger partial charge is 0.417 e. The predicted molar refractivity (Wildman–Crippen MR) is 69.3 cm³/mol. The van der Waals surface area contributed by atoms with Crippen LogP contribution >= 0.6 is 27.5 Å². The number of ether oxygens (including phenoxy) is 1. The minimum absolute atomic E-state index is 0.103. The third-order valence-corrected chi connectivity index (χ3v) is 2.95. The van der Waals surface area contributed by atoms with Gasteiger partial charge in [-0.15, -0.1) is 0 Å². The summed E-state index contributed by atoms with van der Waals surface area (Å²) in [5, 5.41) is -0.103. The van der Waals surface area contributed by atoms with E-state index in [0.717, 1.165) is 6.07 Å². The average molecular weight is 360 g/mol. The van der Waals surface area contributed by atoms with Crippen molar-refractivity contribution < 1.29 is 22.7 Å². The Hall–Kier alpha value is -0.750. The Morgan fingerprint density at radius 3 is 2.21 bits per heavy atom. The molecule has 1 aromatic carbocycles. The molecule has 0 heterocycles. The van der Waals surface area contributed by atoms with Gasteiger partial charge in [0, 0.05) is 4.47 Å². The molecule has 0 aliphatic carbocycles. The number of hydrogen-bond acceptors (Lipinski definition) is 2. The molecule has 0 spiro atoms. The van der Waals surface area contributed by atoms with Crippen LogP contribution in [0.2, 0.25) is 5.02 Å². The fourth-order valence-electron chi connectivity index (χ4n) is 1.26. The lowest BCUT2D eigenvalue weighted by atomic mass is 10.1. The van der Waals surface area contributed by atoms with Crippen molar-refractivity contribution in [2.75, 3.05) is 0 Å². The molecule has 0 aromatic heterocycles. The summed E-state index contributed by atoms with van der Waals surface area (Å²) < 4.78 is 43.0. The standard InChI is InChI=1S/C12H11BrClF3O2/c1-11(2,3)19-10(18)6-4-7(12(15,16)17)8(13)5-9(6)14/h4-5H,1-3H3. The molecule has 0 saturated heterocycles. The van der Waals surface area contributed by atoms with E-state index in [1.165, 1.54) is 0 Å². The fraction of sp³-hybridized carbons (Fsp3) is 0.417. The number of benzene rings is 1. The quantitative estimate of drug-likeness (QED) is 0.654. The van der Waals surface area contributed by atoms with Crippen LogP contribution in [0.4, 0.5) is 13.2 Å². The van der Waals surface area contributed by atoms with Crippen molar-refractivity contribution in [3.63, 3.8) is 0 Å². The van der Waals surface area contributed by atoms with Crippen molar-refractivity contribution in [3.8, 4) is 0 Å². The van der Waals surface area contributed by atoms with Gasteiger partial charge in [0.05, 0.1) is 16.1 Å². The summed E-state index contributed by atoms with van der Waals surface area (Å²) in [6, 6.07) is 1.71. The Morgan fingerprint density at radius 2 is 1.79 bits per heavy atom. The molecule has 0 N–H and O–H groups in total. The zero-order valence-corrected chi connectivity index (χ0v) is 12.7. The SMILES string of the molecule is CC(C)(C)OC(=O)c1cc(C(F)(F)F)c(Br)cc1Cl. The van der Waals surface area contributed by atoms with Gasteiger partial charge in [-0.2, -0.15) is 13.2 Å². The molecular formula is C12H11BrClF3O2. The molecule has 7 heteroatoms. The molecule has 0 radical (unpaired) electrons. The van der Waals surface area contributed by atoms with Crippen molar-refractivity contribution in [1.82, 2.24) is 0 Å². The van der Waals surface area contributed by atoms with Gasteiger partial charge in [0.15, 0.2) is 0 Å². The highest BCUT2D eigenvalue weighted by Gasteiger charge is 2.35. The van der Waals surface area contributed by atoms with E-state index in [1.807, 2.05) is 0 Å². The molecule has 1 aromatic rings. The molecule has 0 atom stereocenters. The lowest BCUT2D eigenvalue weighted by molar-refractivity contribution is -0.138. The maximum Gasteiger partial charge on any atom is 0.417 e. The number of esters is 1. The predicted octanol–water partition coefficient (Wildman–Crippen LogP) is 5.08. The molecule has 0 aliphatic heterocycles. The second-order valence-electron chi connectivity index (χ2n) is 4.81. The van der Waals surface area contributed by atoms with Crippen molar-refractivity contribution in [1.29, 1.82) is 0 Å². The maximum absolute atomic E-state index is 12.7. The van der Waals surface area contributed by atoms with Gasteiger partial charge in [-0.25, -0.2) is 4.79 Å². The minimum Gasteiger partial charge on any atom is -0.456 e. The van der Waals surface area contributed by atoms with Gasteiger partial charge in [0.25, 0.3) is 0 Å². The van der Waals surface area contributed by atoms with E-state index in [0.29, 0.717) is 6.07 Å². The third-order valence-electron chi connectivity index (χ3n) is 1.98. The molecule has 106 valence electrons. The van der Waals surface area contributed by atoms with E-state index < -0.39 is 23.3 Å². The molecule has 2 nitrogen and oxygen atoms in total. The largest absolute Gasteiger partial charge is 0.456 e. The molecular weight excluding hydrogens is 348 g/mol. The van der Waals surface area contributed by atoms with Crippen LogP contribution in [0.3, 0.4) is 0 Å². The van der Waals surface area contributed by atoms with Crippen LogP contribution < -0.4 is 0 Å². The minimum atomic E-state index is -4.58. The van der Waals surface area contributed by atoms with Gasteiger partial charge < -0.3 is 4.74 Å². The molecule has 0 fully saturated rings. The number of carbonyl (C=O) groups is 1. The summed E-state index contributed by atoms with van der Waals surface area (Å²) in [6.07, 6.45) is -4.58. The molecule has 0 unspecified atom stereocenters. The normalized spacial score (nSPS) is 12.4. The van der Waals surface area contributed by atoms with E-state index in [9.17, 15) is 18.0 Å². The second-order valence-corrected chi connectivity index (χ2v) is 6.07. The van der Waals surface area contributed by atoms with Crippen LogP contribution in [0.1, 0.15) is 36.7 Å². The van der Waals surface area contributed by atoms with E-state index in [2.05, 4.69) is 15.9 Å². The van der Waals surface area contributed by atoms with Crippen LogP contribution in [0.25, 0.3) is 0 Å². The third kappa shape index (κ3) is 4.38. The van der Waals surface area contributed by atoms with Crippen LogP contribution in [0.15, 0.2) is 16.6 Å². The summed E-state index contributed by atoms with van der Waals surface area (Å²) in [6.45, 7) is 4.84. The molecule has 0 aliphatic rings. The van der Waals surface area contributed by atoms with Gasteiger partial charge in [-0.3, -0.25) is 0 Å². The zero-order valence-electron chi connectivity index (χ0n) is 10.4. The van der Waals surface area contributed by atoms with Crippen molar-refractivity contribution in [2.24, 2.45) is 0 Å². The summed E-state index contributed by atoms with van der Waals surface area (Å²) in [5.74, 6) is -0.893. The fourth-order valence-corrected chi connectivity index (χ4v) is 2.20. The first kappa shape index (κ1) is 16.3. The highest BCUT2D eigenvalue weighted by molar-refractivity contribution is 9.10. The lowest BCUT2D eigenvalue weighted by Crippen LogP contribution is -2.24. The van der Waals surface area contributed by atoms with Gasteiger partial charge in [-0.05, 0) is 32.9 Å². The second kappa shape index (κ2) is 5.32. The average Bonchev–Trinajstić information content (AvgIpc) is 2.11. The molecule has 1 rings (SSSR count). The Balaban J connectivity index is 3.26. The van der Waals surface area contributed by atoms with E-state index in [1.54, 1.807) is 20.8 Å². The monoisotopic (exact) mass is 358 g/mol. The topological polar surface area (TPSA) is 26.3 Å². The zero-order chi connectivity index (χ0) is 15.0. The van der Waals surface area contributed by atoms with E-state index >= 15 is 0 Å². The van der Waals surface area contributed by atoms with Crippen molar-refractivity contribution in [3.05, 3.63) is 32.8 Å². The van der Waals surface area contributed by atoms with Gasteiger partial charge in [0.1, 0.15) is 5.60 Å². The van der Waals surface area contributed by atoms with Crippen LogP contribution in [-0.4, -0.2) is 11.6 Å². The Kier molecular flexibility index (Phi) is 4.57. The molecule has 0 saturated carbocycles. The Labute approximate surface area is 122 Å². The lowest BCUT2D eigenvalue weighted by Gasteiger charge is -2.20. The number of hydrogen-bond donors (Lipinski definition) is 0. The number of alkyl halides is 3. The maximum atomic E-state index is 12.7. The first-order valence-corrected chi connectivity index (χ1v) is 6.38. The van der Waals surface area contributed by atoms with Crippen molar-refractivity contribution >= 4 is 33.5 Å². The summed E-state index contributed by atoms with van der Waals surface area (Å²) in [5.41, 5.74) is -2.10. The van der Waals surface area contributed by atoms with Crippen molar-refractivity contribution in [2.45, 2.75) is 32.5 Å². The first-order valence-electron chi connectivity index (χ1n) is 5.21. The van der Waals surface area contributed by atoms with Gasteiger partial charge in [0.2, 0.25) is 0 Å². The highest BCUT2D eigenvalue weighted by atomic mass is 79.9. The Morgan fingerprint density at radius 1 is 1.26 bits per heavy atom. The molecule has 0 bridgehead atoms. The summed E-state index contributed by atoms with van der Waals surface area (Å²) in [7, 11) is 0. The van der Waals surface area contributed by atoms with E-state index in [-0.39, 0.29) is 15.1 Å². The van der Waals surface area contributed by atoms with Crippen LogP contribution in [0.5, 0.6) is 0 Å². The summed E-state index contributed by atoms with van der Waals surface area (Å²) >= 11 is 8.55. The number of rotatable bonds is 1.